The Morgan fingerprint density at radius 3 is 1.26 bits per heavy atom. The number of hydrogen-bond acceptors (Lipinski definition) is 0. The molecule has 2 aromatic rings. The van der Waals surface area contributed by atoms with Crippen molar-refractivity contribution in [1.82, 2.24) is 0 Å². The molecule has 0 heterocycles. The summed E-state index contributed by atoms with van der Waals surface area (Å²) in [6, 6.07) is 9.66. The Hall–Kier alpha value is -0.980. The second-order valence-corrected chi connectivity index (χ2v) is 31.0. The minimum atomic E-state index is -2.03. The average Bonchev–Trinajstić information content (AvgIpc) is 3.19. The minimum absolute atomic E-state index is 0.174. The molecule has 2 heteroatoms. The fourth-order valence-corrected chi connectivity index (χ4v) is 27.6. The van der Waals surface area contributed by atoms with E-state index in [9.17, 15) is 0 Å². The van der Waals surface area contributed by atoms with Gasteiger partial charge < -0.3 is 0 Å². The summed E-state index contributed by atoms with van der Waals surface area (Å²) >= 11 is -2.03. The van der Waals surface area contributed by atoms with E-state index in [1.165, 1.54) is 22.3 Å². The van der Waals surface area contributed by atoms with Crippen molar-refractivity contribution in [2.75, 3.05) is 0 Å². The monoisotopic (exact) mass is 546 g/mol. The summed E-state index contributed by atoms with van der Waals surface area (Å²) in [6.07, 6.45) is 5.18. The average molecular weight is 548 g/mol. The predicted molar refractivity (Wildman–Crippen MR) is 150 cm³/mol. The molecule has 0 amide bonds. The SMILES string of the molecule is CC1=Cc2c(C(C)(C)C)ccc(C)c2[CH]1[Zr]([CH]1C(C)=Cc2c(C(C)(C)C)ccc(C)c21)=[Si](C)C. The molecule has 0 N–H and O–H groups in total. The van der Waals surface area contributed by atoms with E-state index in [4.69, 9.17) is 0 Å². The van der Waals surface area contributed by atoms with Crippen LogP contribution in [0.5, 0.6) is 0 Å². The first kappa shape index (κ1) is 26.1. The second kappa shape index (κ2) is 8.85. The van der Waals surface area contributed by atoms with Crippen LogP contribution in [-0.2, 0) is 31.2 Å². The Balaban J connectivity index is 1.97. The molecule has 0 fully saturated rings. The molecule has 0 nitrogen and oxygen atoms in total. The Morgan fingerprint density at radius 2 is 0.971 bits per heavy atom. The molecule has 0 radical (unpaired) electrons. The third kappa shape index (κ3) is 4.26. The van der Waals surface area contributed by atoms with Gasteiger partial charge in [-0.05, 0) is 0 Å². The summed E-state index contributed by atoms with van der Waals surface area (Å²) in [7, 11) is 0. The third-order valence-electron chi connectivity index (χ3n) is 8.06. The Bertz CT molecular complexity index is 1170. The van der Waals surface area contributed by atoms with E-state index in [-0.39, 0.29) is 10.8 Å². The van der Waals surface area contributed by atoms with Gasteiger partial charge in [0, 0.05) is 0 Å². The van der Waals surface area contributed by atoms with Crippen LogP contribution in [0.3, 0.4) is 0 Å². The van der Waals surface area contributed by atoms with E-state index in [1.54, 1.807) is 33.4 Å². The normalized spacial score (nSPS) is 19.5. The van der Waals surface area contributed by atoms with Crippen molar-refractivity contribution in [3.63, 3.8) is 0 Å². The van der Waals surface area contributed by atoms with Crippen LogP contribution in [-0.4, -0.2) is 5.43 Å². The number of rotatable bonds is 2. The topological polar surface area (TPSA) is 0 Å². The molecule has 4 rings (SSSR count). The molecular formula is C32H44SiZr. The van der Waals surface area contributed by atoms with Gasteiger partial charge in [0.05, 0.1) is 0 Å². The van der Waals surface area contributed by atoms with Crippen molar-refractivity contribution in [3.8, 4) is 0 Å². The number of benzene rings is 2. The molecule has 2 aromatic carbocycles. The number of aryl methyl sites for hydroxylation is 2. The van der Waals surface area contributed by atoms with Gasteiger partial charge in [0.1, 0.15) is 0 Å². The third-order valence-corrected chi connectivity index (χ3v) is 27.9. The Labute approximate surface area is 217 Å². The first-order valence-corrected chi connectivity index (χ1v) is 22.0. The van der Waals surface area contributed by atoms with Gasteiger partial charge >= 0.3 is 218 Å². The van der Waals surface area contributed by atoms with Crippen LogP contribution in [0.15, 0.2) is 35.4 Å². The molecule has 2 aliphatic rings. The predicted octanol–water partition coefficient (Wildman–Crippen LogP) is 9.38. The zero-order valence-corrected chi connectivity index (χ0v) is 27.1. The van der Waals surface area contributed by atoms with Crippen molar-refractivity contribution < 1.29 is 20.4 Å². The fourth-order valence-electron chi connectivity index (χ4n) is 6.50. The Kier molecular flexibility index (Phi) is 6.79. The van der Waals surface area contributed by atoms with E-state index in [1.807, 2.05) is 0 Å². The van der Waals surface area contributed by atoms with Crippen LogP contribution in [0.25, 0.3) is 12.2 Å². The molecule has 34 heavy (non-hydrogen) atoms. The van der Waals surface area contributed by atoms with Gasteiger partial charge in [0.15, 0.2) is 0 Å². The van der Waals surface area contributed by atoms with Crippen LogP contribution in [0.1, 0.15) is 107 Å². The van der Waals surface area contributed by atoms with E-state index < -0.39 is 25.8 Å². The second-order valence-electron chi connectivity index (χ2n) is 13.1. The van der Waals surface area contributed by atoms with Gasteiger partial charge in [-0.25, -0.2) is 0 Å². The molecule has 0 saturated carbocycles. The van der Waals surface area contributed by atoms with E-state index in [0.717, 1.165) is 0 Å². The van der Waals surface area contributed by atoms with Crippen LogP contribution in [0, 0.1) is 13.8 Å². The summed E-state index contributed by atoms with van der Waals surface area (Å²) in [5.74, 6) is 0. The maximum atomic E-state index is 2.64. The van der Waals surface area contributed by atoms with Crippen LogP contribution >= 0.6 is 0 Å². The summed E-state index contributed by atoms with van der Waals surface area (Å²) in [6.45, 7) is 29.2. The summed E-state index contributed by atoms with van der Waals surface area (Å²) < 4.78 is 1.42. The van der Waals surface area contributed by atoms with E-state index >= 15 is 0 Å². The first-order valence-electron chi connectivity index (χ1n) is 13.0. The fraction of sp³-hybridized carbons (Fsp3) is 0.500. The van der Waals surface area contributed by atoms with Gasteiger partial charge in [0.2, 0.25) is 0 Å². The number of fused-ring (bicyclic) bond motifs is 2. The molecule has 0 aromatic heterocycles. The maximum absolute atomic E-state index is 2.64. The van der Waals surface area contributed by atoms with Crippen LogP contribution < -0.4 is 0 Å². The number of hydrogen-bond donors (Lipinski definition) is 0. The first-order chi connectivity index (χ1) is 15.6. The summed E-state index contributed by atoms with van der Waals surface area (Å²) in [4.78, 5) is 0. The van der Waals surface area contributed by atoms with Crippen molar-refractivity contribution in [1.29, 1.82) is 0 Å². The molecule has 180 valence electrons. The van der Waals surface area contributed by atoms with E-state index in [2.05, 4.69) is 119 Å². The van der Waals surface area contributed by atoms with Gasteiger partial charge in [-0.1, -0.05) is 0 Å². The van der Waals surface area contributed by atoms with Gasteiger partial charge in [-0.3, -0.25) is 0 Å². The van der Waals surface area contributed by atoms with Gasteiger partial charge in [-0.2, -0.15) is 0 Å². The molecule has 2 unspecified atom stereocenters. The molecule has 0 saturated heterocycles. The van der Waals surface area contributed by atoms with Crippen molar-refractivity contribution in [2.24, 2.45) is 0 Å². The molecule has 2 atom stereocenters. The zero-order chi connectivity index (χ0) is 25.3. The Morgan fingerprint density at radius 1 is 0.618 bits per heavy atom. The molecule has 0 aliphatic heterocycles. The van der Waals surface area contributed by atoms with E-state index in [0.29, 0.717) is 7.25 Å². The van der Waals surface area contributed by atoms with Crippen molar-refractivity contribution in [3.05, 3.63) is 79.9 Å². The molecular weight excluding hydrogens is 504 g/mol. The van der Waals surface area contributed by atoms with Crippen LogP contribution in [0.4, 0.5) is 0 Å². The summed E-state index contributed by atoms with van der Waals surface area (Å²) in [5, 5.41) is 0. The van der Waals surface area contributed by atoms with Crippen LogP contribution in [0.2, 0.25) is 13.1 Å². The molecule has 0 spiro atoms. The number of allylic oxidation sites excluding steroid dienone is 2. The quantitative estimate of drug-likeness (QED) is 0.328. The zero-order valence-electron chi connectivity index (χ0n) is 23.6. The van der Waals surface area contributed by atoms with Gasteiger partial charge in [-0.15, -0.1) is 0 Å². The standard InChI is InChI=1S/2C15H19.C2H6Si.Zr/c2*1-10-8-12-11(2)6-7-14(13(12)9-10)15(3,4)5;1-3-2;/h2*6-9H,1-5H3;1-2H3;. The molecule has 2 aliphatic carbocycles. The van der Waals surface area contributed by atoms with Gasteiger partial charge in [0.25, 0.3) is 0 Å². The summed E-state index contributed by atoms with van der Waals surface area (Å²) in [5.41, 5.74) is 15.9. The van der Waals surface area contributed by atoms with Crippen molar-refractivity contribution >= 4 is 17.6 Å². The molecule has 0 bridgehead atoms. The van der Waals surface area contributed by atoms with Crippen molar-refractivity contribution in [2.45, 2.75) is 100 Å².